The van der Waals surface area contributed by atoms with E-state index in [-0.39, 0.29) is 0 Å². The average Bonchev–Trinajstić information content (AvgIpc) is 3.30. The van der Waals surface area contributed by atoms with E-state index in [1.807, 2.05) is 22.4 Å². The Morgan fingerprint density at radius 3 is 1.45 bits per heavy atom. The van der Waals surface area contributed by atoms with Crippen LogP contribution < -0.4 is 15.7 Å². The molecule has 1 heterocycles. The van der Waals surface area contributed by atoms with Crippen LogP contribution in [0.1, 0.15) is 0 Å². The largest absolute Gasteiger partial charge is 0.265 e. The van der Waals surface area contributed by atoms with Crippen molar-refractivity contribution in [3.8, 4) is 22.3 Å². The lowest BCUT2D eigenvalue weighted by molar-refractivity contribution is 0.773. The number of nitrogens with zero attached hydrogens (tertiary/aromatic N) is 3. The first-order chi connectivity index (χ1) is 14.4. The molecule has 1 N–H and O–H groups in total. The first-order valence-electron chi connectivity index (χ1n) is 9.58. The van der Waals surface area contributed by atoms with Crippen molar-refractivity contribution in [1.29, 1.82) is 0 Å². The molecular formula is C25H20N4. The van der Waals surface area contributed by atoms with Gasteiger partial charge in [0.2, 0.25) is 0 Å². The second kappa shape index (κ2) is 7.52. The molecule has 0 aliphatic carbocycles. The molecule has 0 saturated carbocycles. The van der Waals surface area contributed by atoms with Gasteiger partial charge >= 0.3 is 0 Å². The summed E-state index contributed by atoms with van der Waals surface area (Å²) in [6.45, 7) is 0. The monoisotopic (exact) mass is 376 g/mol. The van der Waals surface area contributed by atoms with Gasteiger partial charge in [-0.05, 0) is 46.5 Å². The Bertz CT molecular complexity index is 1110. The molecule has 29 heavy (non-hydrogen) atoms. The van der Waals surface area contributed by atoms with Gasteiger partial charge in [0, 0.05) is 0 Å². The molecule has 4 heteroatoms. The Kier molecular flexibility index (Phi) is 4.43. The molecule has 0 unspecified atom stereocenters. The smallest absolute Gasteiger partial charge is 0.131 e. The van der Waals surface area contributed by atoms with Crippen LogP contribution in [0, 0.1) is 0 Å². The van der Waals surface area contributed by atoms with Crippen molar-refractivity contribution in [3.63, 3.8) is 0 Å². The predicted octanol–water partition coefficient (Wildman–Crippen LogP) is 5.71. The molecule has 140 valence electrons. The van der Waals surface area contributed by atoms with Gasteiger partial charge in [-0.3, -0.25) is 5.43 Å². The van der Waals surface area contributed by atoms with Crippen LogP contribution in [0.2, 0.25) is 0 Å². The number of benzene rings is 4. The highest BCUT2D eigenvalue weighted by molar-refractivity contribution is 5.74. The maximum Gasteiger partial charge on any atom is 0.131 e. The lowest BCUT2D eigenvalue weighted by Crippen LogP contribution is -2.42. The van der Waals surface area contributed by atoms with Crippen molar-refractivity contribution in [3.05, 3.63) is 109 Å². The SMILES string of the molecule is C1=NN(c2ccc(-c3ccccc3)cc2)N(c2ccc(-c3ccccc3)cc2)N1. The zero-order valence-electron chi connectivity index (χ0n) is 15.8. The van der Waals surface area contributed by atoms with E-state index in [2.05, 4.69) is 108 Å². The van der Waals surface area contributed by atoms with Gasteiger partial charge in [0.05, 0.1) is 11.4 Å². The minimum absolute atomic E-state index is 0.984. The molecule has 1 aliphatic heterocycles. The van der Waals surface area contributed by atoms with Crippen LogP contribution in [0.3, 0.4) is 0 Å². The van der Waals surface area contributed by atoms with Gasteiger partial charge in [-0.2, -0.15) is 10.2 Å². The van der Waals surface area contributed by atoms with Crippen molar-refractivity contribution in [2.45, 2.75) is 0 Å². The number of hydrazone groups is 1. The Hall–Kier alpha value is -4.05. The molecule has 0 saturated heterocycles. The van der Waals surface area contributed by atoms with Crippen LogP contribution in [0.15, 0.2) is 114 Å². The van der Waals surface area contributed by atoms with Crippen molar-refractivity contribution in [1.82, 2.24) is 5.43 Å². The van der Waals surface area contributed by atoms with Crippen molar-refractivity contribution in [2.24, 2.45) is 5.10 Å². The molecule has 4 aromatic carbocycles. The first kappa shape index (κ1) is 17.1. The lowest BCUT2D eigenvalue weighted by atomic mass is 10.1. The standard InChI is InChI=1S/C25H20N4/c1-3-7-20(8-4-1)22-11-15-24(16-12-22)28-26-19-27-29(28)25-17-13-23(14-18-25)21-9-5-2-6-10-21/h1-19H,(H,26,27). The summed E-state index contributed by atoms with van der Waals surface area (Å²) in [6.07, 6.45) is 1.69. The van der Waals surface area contributed by atoms with Gasteiger partial charge in [0.15, 0.2) is 0 Å². The van der Waals surface area contributed by atoms with Gasteiger partial charge in [0.25, 0.3) is 0 Å². The fourth-order valence-electron chi connectivity index (χ4n) is 3.45. The Labute approximate surface area is 170 Å². The summed E-state index contributed by atoms with van der Waals surface area (Å²) < 4.78 is 0. The zero-order chi connectivity index (χ0) is 19.5. The molecule has 0 fully saturated rings. The van der Waals surface area contributed by atoms with Crippen molar-refractivity contribution < 1.29 is 0 Å². The van der Waals surface area contributed by atoms with Crippen LogP contribution in [0.5, 0.6) is 0 Å². The number of hydrogen-bond acceptors (Lipinski definition) is 4. The molecule has 4 aromatic rings. The van der Waals surface area contributed by atoms with E-state index in [1.54, 1.807) is 6.34 Å². The molecule has 1 aliphatic rings. The molecule has 0 amide bonds. The van der Waals surface area contributed by atoms with E-state index in [4.69, 9.17) is 0 Å². The number of anilines is 2. The summed E-state index contributed by atoms with van der Waals surface area (Å²) in [5.41, 5.74) is 9.97. The average molecular weight is 376 g/mol. The van der Waals surface area contributed by atoms with Gasteiger partial charge in [-0.25, -0.2) is 0 Å². The van der Waals surface area contributed by atoms with Gasteiger partial charge in [-0.1, -0.05) is 84.9 Å². The predicted molar refractivity (Wildman–Crippen MR) is 120 cm³/mol. The Morgan fingerprint density at radius 1 is 0.483 bits per heavy atom. The summed E-state index contributed by atoms with van der Waals surface area (Å²) >= 11 is 0. The molecule has 5 rings (SSSR count). The Morgan fingerprint density at radius 2 is 0.931 bits per heavy atom. The normalized spacial score (nSPS) is 12.8. The Balaban J connectivity index is 1.38. The van der Waals surface area contributed by atoms with Crippen LogP contribution in [0.25, 0.3) is 22.3 Å². The highest BCUT2D eigenvalue weighted by Gasteiger charge is 2.20. The second-order valence-electron chi connectivity index (χ2n) is 6.80. The van der Waals surface area contributed by atoms with Gasteiger partial charge in [0.1, 0.15) is 6.34 Å². The molecule has 0 spiro atoms. The molecule has 0 bridgehead atoms. The van der Waals surface area contributed by atoms with E-state index in [1.165, 1.54) is 22.3 Å². The maximum absolute atomic E-state index is 4.47. The fraction of sp³-hybridized carbons (Fsp3) is 0. The van der Waals surface area contributed by atoms with Crippen molar-refractivity contribution in [2.75, 3.05) is 10.2 Å². The van der Waals surface area contributed by atoms with Crippen LogP contribution in [0.4, 0.5) is 11.4 Å². The van der Waals surface area contributed by atoms with E-state index in [0.717, 1.165) is 11.4 Å². The summed E-state index contributed by atoms with van der Waals surface area (Å²) in [6, 6.07) is 37.6. The van der Waals surface area contributed by atoms with Gasteiger partial charge < -0.3 is 0 Å². The van der Waals surface area contributed by atoms with Crippen LogP contribution in [-0.2, 0) is 0 Å². The quantitative estimate of drug-likeness (QED) is 0.495. The van der Waals surface area contributed by atoms with Crippen molar-refractivity contribution >= 4 is 17.7 Å². The number of hydrogen-bond donors (Lipinski definition) is 1. The molecule has 4 nitrogen and oxygen atoms in total. The molecule has 0 aromatic heterocycles. The molecular weight excluding hydrogens is 356 g/mol. The third-order valence-electron chi connectivity index (χ3n) is 4.96. The van der Waals surface area contributed by atoms with Crippen LogP contribution in [-0.4, -0.2) is 6.34 Å². The van der Waals surface area contributed by atoms with E-state index in [9.17, 15) is 0 Å². The summed E-state index contributed by atoms with van der Waals surface area (Å²) in [7, 11) is 0. The first-order valence-corrected chi connectivity index (χ1v) is 9.58. The maximum atomic E-state index is 4.47. The third-order valence-corrected chi connectivity index (χ3v) is 4.96. The summed E-state index contributed by atoms with van der Waals surface area (Å²) in [5.74, 6) is 0. The summed E-state index contributed by atoms with van der Waals surface area (Å²) in [4.78, 5) is 0. The second-order valence-corrected chi connectivity index (χ2v) is 6.80. The topological polar surface area (TPSA) is 30.9 Å². The number of nitrogens with one attached hydrogen (secondary N) is 1. The molecule has 0 radical (unpaired) electrons. The fourth-order valence-corrected chi connectivity index (χ4v) is 3.45. The minimum atomic E-state index is 0.984. The molecule has 0 atom stereocenters. The van der Waals surface area contributed by atoms with Gasteiger partial charge in [-0.15, -0.1) is 5.10 Å². The van der Waals surface area contributed by atoms with Crippen LogP contribution >= 0.6 is 0 Å². The third kappa shape index (κ3) is 3.44. The number of hydrazine groups is 2. The minimum Gasteiger partial charge on any atom is -0.265 e. The zero-order valence-corrected chi connectivity index (χ0v) is 15.8. The van der Waals surface area contributed by atoms with E-state index in [0.29, 0.717) is 0 Å². The highest BCUT2D eigenvalue weighted by atomic mass is 15.9. The highest BCUT2D eigenvalue weighted by Crippen LogP contribution is 2.28. The van der Waals surface area contributed by atoms with E-state index < -0.39 is 0 Å². The lowest BCUT2D eigenvalue weighted by Gasteiger charge is -2.28. The van der Waals surface area contributed by atoms with E-state index >= 15 is 0 Å². The summed E-state index contributed by atoms with van der Waals surface area (Å²) in [5, 5.41) is 8.25. The number of rotatable bonds is 4.